The lowest BCUT2D eigenvalue weighted by Crippen LogP contribution is -2.11. The zero-order valence-corrected chi connectivity index (χ0v) is 8.17. The van der Waals surface area contributed by atoms with E-state index in [1.165, 1.54) is 0 Å². The summed E-state index contributed by atoms with van der Waals surface area (Å²) in [6, 6.07) is 7.91. The summed E-state index contributed by atoms with van der Waals surface area (Å²) in [7, 11) is 0. The summed E-state index contributed by atoms with van der Waals surface area (Å²) in [6.07, 6.45) is 0. The average Bonchev–Trinajstić information content (AvgIpc) is 2.51. The first kappa shape index (κ1) is 9.09. The molecule has 0 aliphatic rings. The van der Waals surface area contributed by atoms with Crippen molar-refractivity contribution < 1.29 is 5.11 Å². The molecule has 0 radical (unpaired) electrons. The van der Waals surface area contributed by atoms with Gasteiger partial charge in [0.25, 0.3) is 0 Å². The zero-order chi connectivity index (χ0) is 9.97. The molecule has 3 nitrogen and oxygen atoms in total. The van der Waals surface area contributed by atoms with Crippen LogP contribution in [-0.2, 0) is 6.54 Å². The quantitative estimate of drug-likeness (QED) is 0.693. The molecule has 1 aromatic carbocycles. The van der Waals surface area contributed by atoms with E-state index < -0.39 is 0 Å². The van der Waals surface area contributed by atoms with E-state index in [9.17, 15) is 5.11 Å². The van der Waals surface area contributed by atoms with Gasteiger partial charge in [0.15, 0.2) is 5.88 Å². The minimum atomic E-state index is 0.271. The SMILES string of the molecule is CCNCc1c(O)[nH]c2ccccc12. The lowest BCUT2D eigenvalue weighted by molar-refractivity contribution is 0.449. The Morgan fingerprint density at radius 3 is 2.93 bits per heavy atom. The van der Waals surface area contributed by atoms with E-state index in [-0.39, 0.29) is 5.88 Å². The maximum absolute atomic E-state index is 9.67. The second-order valence-corrected chi connectivity index (χ2v) is 3.28. The van der Waals surface area contributed by atoms with Gasteiger partial charge in [-0.05, 0) is 12.6 Å². The molecule has 0 bridgehead atoms. The number of fused-ring (bicyclic) bond motifs is 1. The lowest BCUT2D eigenvalue weighted by atomic mass is 10.2. The maximum atomic E-state index is 9.67. The van der Waals surface area contributed by atoms with Gasteiger partial charge in [-0.15, -0.1) is 0 Å². The van der Waals surface area contributed by atoms with Crippen molar-refractivity contribution in [3.05, 3.63) is 29.8 Å². The van der Waals surface area contributed by atoms with Crippen LogP contribution in [0.4, 0.5) is 0 Å². The molecule has 0 saturated heterocycles. The number of nitrogens with one attached hydrogen (secondary N) is 2. The molecule has 0 aliphatic heterocycles. The second-order valence-electron chi connectivity index (χ2n) is 3.28. The minimum Gasteiger partial charge on any atom is -0.494 e. The number of benzene rings is 1. The topological polar surface area (TPSA) is 48.0 Å². The van der Waals surface area contributed by atoms with Gasteiger partial charge in [0, 0.05) is 23.0 Å². The first-order valence-corrected chi connectivity index (χ1v) is 4.82. The predicted octanol–water partition coefficient (Wildman–Crippen LogP) is 1.98. The van der Waals surface area contributed by atoms with Crippen molar-refractivity contribution in [2.75, 3.05) is 6.54 Å². The number of H-pyrrole nitrogens is 1. The molecule has 1 heterocycles. The Labute approximate surface area is 82.8 Å². The van der Waals surface area contributed by atoms with E-state index >= 15 is 0 Å². The van der Waals surface area contributed by atoms with Crippen molar-refractivity contribution in [2.45, 2.75) is 13.5 Å². The molecular formula is C11H14N2O. The van der Waals surface area contributed by atoms with Crippen LogP contribution in [0.25, 0.3) is 10.9 Å². The van der Waals surface area contributed by atoms with Crippen LogP contribution in [0, 0.1) is 0 Å². The van der Waals surface area contributed by atoms with Gasteiger partial charge in [-0.2, -0.15) is 0 Å². The van der Waals surface area contributed by atoms with Crippen molar-refractivity contribution in [2.24, 2.45) is 0 Å². The summed E-state index contributed by atoms with van der Waals surface area (Å²) < 4.78 is 0. The fourth-order valence-corrected chi connectivity index (χ4v) is 1.61. The molecule has 0 aliphatic carbocycles. The number of para-hydroxylation sites is 1. The summed E-state index contributed by atoms with van der Waals surface area (Å²) in [5.41, 5.74) is 1.93. The van der Waals surface area contributed by atoms with Gasteiger partial charge < -0.3 is 15.4 Å². The zero-order valence-electron chi connectivity index (χ0n) is 8.17. The third-order valence-corrected chi connectivity index (χ3v) is 2.34. The summed E-state index contributed by atoms with van der Waals surface area (Å²) in [5.74, 6) is 0.271. The molecule has 0 saturated carbocycles. The molecule has 1 aromatic heterocycles. The van der Waals surface area contributed by atoms with Crippen LogP contribution in [0.15, 0.2) is 24.3 Å². The Kier molecular flexibility index (Phi) is 2.41. The first-order chi connectivity index (χ1) is 6.83. The fourth-order valence-electron chi connectivity index (χ4n) is 1.61. The Balaban J connectivity index is 2.45. The van der Waals surface area contributed by atoms with Gasteiger partial charge in [0.2, 0.25) is 0 Å². The smallest absolute Gasteiger partial charge is 0.193 e. The second kappa shape index (κ2) is 3.72. The normalized spacial score (nSPS) is 10.9. The third-order valence-electron chi connectivity index (χ3n) is 2.34. The molecule has 14 heavy (non-hydrogen) atoms. The van der Waals surface area contributed by atoms with Crippen molar-refractivity contribution in [1.29, 1.82) is 0 Å². The van der Waals surface area contributed by atoms with Crippen LogP contribution in [-0.4, -0.2) is 16.6 Å². The molecule has 3 N–H and O–H groups in total. The van der Waals surface area contributed by atoms with E-state index in [1.807, 2.05) is 31.2 Å². The predicted molar refractivity (Wildman–Crippen MR) is 57.3 cm³/mol. The molecule has 3 heteroatoms. The number of aromatic hydroxyl groups is 1. The summed E-state index contributed by atoms with van der Waals surface area (Å²) >= 11 is 0. The molecule has 74 valence electrons. The molecular weight excluding hydrogens is 176 g/mol. The largest absolute Gasteiger partial charge is 0.494 e. The van der Waals surface area contributed by atoms with E-state index in [0.29, 0.717) is 6.54 Å². The third kappa shape index (κ3) is 1.46. The van der Waals surface area contributed by atoms with Crippen LogP contribution in [0.1, 0.15) is 12.5 Å². The maximum Gasteiger partial charge on any atom is 0.193 e. The van der Waals surface area contributed by atoms with Gasteiger partial charge in [-0.25, -0.2) is 0 Å². The summed E-state index contributed by atoms with van der Waals surface area (Å²) in [5, 5.41) is 14.0. The van der Waals surface area contributed by atoms with E-state index in [2.05, 4.69) is 10.3 Å². The van der Waals surface area contributed by atoms with E-state index in [4.69, 9.17) is 0 Å². The summed E-state index contributed by atoms with van der Waals surface area (Å²) in [6.45, 7) is 3.65. The number of rotatable bonds is 3. The fraction of sp³-hybridized carbons (Fsp3) is 0.273. The van der Waals surface area contributed by atoms with Gasteiger partial charge in [0.1, 0.15) is 0 Å². The van der Waals surface area contributed by atoms with Gasteiger partial charge in [0.05, 0.1) is 0 Å². The average molecular weight is 190 g/mol. The Bertz CT molecular complexity index is 434. The van der Waals surface area contributed by atoms with Crippen molar-refractivity contribution >= 4 is 10.9 Å². The van der Waals surface area contributed by atoms with Crippen LogP contribution in [0.2, 0.25) is 0 Å². The number of aromatic nitrogens is 1. The van der Waals surface area contributed by atoms with Gasteiger partial charge in [-0.3, -0.25) is 0 Å². The molecule has 0 spiro atoms. The Hall–Kier alpha value is -1.48. The number of hydrogen-bond donors (Lipinski definition) is 3. The molecule has 0 unspecified atom stereocenters. The van der Waals surface area contributed by atoms with Gasteiger partial charge in [-0.1, -0.05) is 25.1 Å². The van der Waals surface area contributed by atoms with Gasteiger partial charge >= 0.3 is 0 Å². The van der Waals surface area contributed by atoms with Crippen LogP contribution >= 0.6 is 0 Å². The number of hydrogen-bond acceptors (Lipinski definition) is 2. The minimum absolute atomic E-state index is 0.271. The molecule has 0 amide bonds. The van der Waals surface area contributed by atoms with Crippen LogP contribution in [0.5, 0.6) is 5.88 Å². The highest BCUT2D eigenvalue weighted by Crippen LogP contribution is 2.26. The van der Waals surface area contributed by atoms with Crippen LogP contribution in [0.3, 0.4) is 0 Å². The molecule has 2 rings (SSSR count). The van der Waals surface area contributed by atoms with Crippen molar-refractivity contribution in [3.8, 4) is 5.88 Å². The molecule has 2 aromatic rings. The van der Waals surface area contributed by atoms with Crippen molar-refractivity contribution in [3.63, 3.8) is 0 Å². The first-order valence-electron chi connectivity index (χ1n) is 4.82. The Morgan fingerprint density at radius 1 is 1.36 bits per heavy atom. The molecule has 0 fully saturated rings. The number of aromatic amines is 1. The van der Waals surface area contributed by atoms with Crippen LogP contribution < -0.4 is 5.32 Å². The Morgan fingerprint density at radius 2 is 2.14 bits per heavy atom. The van der Waals surface area contributed by atoms with E-state index in [0.717, 1.165) is 23.0 Å². The highest BCUT2D eigenvalue weighted by Gasteiger charge is 2.08. The lowest BCUT2D eigenvalue weighted by Gasteiger charge is -2.00. The summed E-state index contributed by atoms with van der Waals surface area (Å²) in [4.78, 5) is 2.95. The van der Waals surface area contributed by atoms with Crippen molar-refractivity contribution in [1.82, 2.24) is 10.3 Å². The molecule has 0 atom stereocenters. The van der Waals surface area contributed by atoms with E-state index in [1.54, 1.807) is 0 Å². The highest BCUT2D eigenvalue weighted by molar-refractivity contribution is 5.85. The highest BCUT2D eigenvalue weighted by atomic mass is 16.3. The monoisotopic (exact) mass is 190 g/mol. The standard InChI is InChI=1S/C11H14N2O/c1-2-12-7-9-8-5-3-4-6-10(8)13-11(9)14/h3-6,12-14H,2,7H2,1H3.